The van der Waals surface area contributed by atoms with Gasteiger partial charge in [0.15, 0.2) is 0 Å². The number of H-pyrrole nitrogens is 2. The zero-order valence-corrected chi connectivity index (χ0v) is 54.0. The van der Waals surface area contributed by atoms with Crippen LogP contribution in [-0.2, 0) is 19.0 Å². The number of likely N-dealkylation sites (tertiary alicyclic amines) is 2. The highest BCUT2D eigenvalue weighted by molar-refractivity contribution is 8.01. The lowest BCUT2D eigenvalue weighted by atomic mass is 9.86. The molecule has 0 spiro atoms. The van der Waals surface area contributed by atoms with Gasteiger partial charge in [0.05, 0.1) is 62.1 Å². The van der Waals surface area contributed by atoms with Gasteiger partial charge in [0, 0.05) is 54.5 Å². The molecule has 8 aromatic rings. The molecular weight excluding hydrogens is 1120 g/mol. The Morgan fingerprint density at radius 1 is 0.570 bits per heavy atom. The number of nitrogens with zero attached hydrogens (tertiary/aromatic N) is 6. The first-order valence-electron chi connectivity index (χ1n) is 30.4. The number of β-amino-alcohol motifs (C(OH)–C–C–N with tert-alkyl or cyclic N) is 1. The van der Waals surface area contributed by atoms with Gasteiger partial charge in [0.25, 0.3) is 0 Å². The fraction of sp³-hybridized carbons (Fsp3) is 0.433. The van der Waals surface area contributed by atoms with Gasteiger partial charge in [-0.05, 0) is 214 Å². The minimum Gasteiger partial charge on any atom is -0.489 e. The second-order valence-electron chi connectivity index (χ2n) is 24.3. The van der Waals surface area contributed by atoms with Gasteiger partial charge >= 0.3 is 0 Å². The summed E-state index contributed by atoms with van der Waals surface area (Å²) in [6, 6.07) is 28.3. The fourth-order valence-corrected chi connectivity index (χ4v) is 14.1. The highest BCUT2D eigenvalue weighted by atomic mass is 32.2. The maximum atomic E-state index is 13.5. The van der Waals surface area contributed by atoms with E-state index in [1.807, 2.05) is 128 Å². The first kappa shape index (κ1) is 63.3. The topological polar surface area (TPSA) is 211 Å². The van der Waals surface area contributed by atoms with Crippen LogP contribution in [0.5, 0.6) is 11.5 Å². The normalized spacial score (nSPS) is 16.2. The van der Waals surface area contributed by atoms with E-state index in [1.165, 1.54) is 22.3 Å². The van der Waals surface area contributed by atoms with Crippen LogP contribution in [0.15, 0.2) is 107 Å². The van der Waals surface area contributed by atoms with E-state index in [0.717, 1.165) is 97.7 Å². The van der Waals surface area contributed by atoms with Crippen molar-refractivity contribution in [3.63, 3.8) is 0 Å². The van der Waals surface area contributed by atoms with Gasteiger partial charge in [-0.25, -0.2) is 0 Å². The summed E-state index contributed by atoms with van der Waals surface area (Å²) in [6.45, 7) is 29.8. The third-order valence-corrected chi connectivity index (χ3v) is 21.7. The predicted octanol–water partition coefficient (Wildman–Crippen LogP) is 13.8. The lowest BCUT2D eigenvalue weighted by Gasteiger charge is -2.35. The van der Waals surface area contributed by atoms with Crippen LogP contribution in [0.1, 0.15) is 129 Å². The van der Waals surface area contributed by atoms with Gasteiger partial charge in [0.1, 0.15) is 34.4 Å². The molecule has 4 aromatic carbocycles. The number of benzene rings is 4. The number of ether oxygens (including phenoxy) is 2. The fourth-order valence-electron chi connectivity index (χ4n) is 11.5. The standard InChI is InChI=1S/C34H46N6O2S.C33H44N6O3S/c1-21(2)40-17-14-25(15-18-40)27-20-30(42-22(3)4)29(19-24(27)7)37-34-38-32-26(13-16-35-32)33(39-34)36-28-11-9-10-12-31(28)43(8,41)23(5)6;1-21(2)42-29-20-26(24-12-15-39(16-13-24)17-18-40)23(5)19-28(29)36-33-37-31-25(11-14-34-31)32(38-33)35-27-9-7-8-10-30(27)43(6,41)22(3)4/h9-13,16,19-23,25H,8,14-15,17-18H2,1-7H3,(H3,35,36,37,38,39);7-11,14,19-22,24,40H,6,12-13,15-18H2,1-5H3,(H3,34,35,36,37,38). The van der Waals surface area contributed by atoms with Crippen molar-refractivity contribution in [2.45, 2.75) is 159 Å². The minimum absolute atomic E-state index is 0.0119. The average molecular weight is 1210 g/mol. The first-order chi connectivity index (χ1) is 41.0. The molecule has 4 aromatic heterocycles. The number of anilines is 8. The lowest BCUT2D eigenvalue weighted by Crippen LogP contribution is -2.37. The van der Waals surface area contributed by atoms with Gasteiger partial charge in [-0.15, -0.1) is 0 Å². The Morgan fingerprint density at radius 3 is 1.36 bits per heavy atom. The van der Waals surface area contributed by atoms with Gasteiger partial charge in [0.2, 0.25) is 11.9 Å². The molecule has 2 aliphatic heterocycles. The van der Waals surface area contributed by atoms with Gasteiger partial charge in [-0.1, -0.05) is 52.0 Å². The van der Waals surface area contributed by atoms with Crippen LogP contribution in [0.25, 0.3) is 22.1 Å². The number of aliphatic hydroxyl groups is 1. The van der Waals surface area contributed by atoms with Crippen LogP contribution in [0, 0.1) is 13.8 Å². The maximum absolute atomic E-state index is 13.5. The predicted molar refractivity (Wildman–Crippen MR) is 359 cm³/mol. The van der Waals surface area contributed by atoms with E-state index in [0.29, 0.717) is 68.2 Å². The van der Waals surface area contributed by atoms with E-state index in [1.54, 1.807) is 0 Å². The Labute approximate surface area is 510 Å². The molecule has 17 nitrogen and oxygen atoms in total. The summed E-state index contributed by atoms with van der Waals surface area (Å²) in [5, 5.41) is 24.5. The van der Waals surface area contributed by atoms with Crippen molar-refractivity contribution >= 4 is 99.1 Å². The molecule has 0 aliphatic carbocycles. The maximum Gasteiger partial charge on any atom is 0.231 e. The van der Waals surface area contributed by atoms with Crippen LogP contribution in [-0.4, -0.2) is 133 Å². The van der Waals surface area contributed by atoms with Crippen LogP contribution < -0.4 is 30.7 Å². The van der Waals surface area contributed by atoms with Gasteiger partial charge < -0.3 is 55.6 Å². The number of rotatable bonds is 21. The van der Waals surface area contributed by atoms with Crippen molar-refractivity contribution in [1.29, 1.82) is 0 Å². The van der Waals surface area contributed by atoms with Crippen LogP contribution >= 0.6 is 0 Å². The third-order valence-electron chi connectivity index (χ3n) is 16.5. The van der Waals surface area contributed by atoms with Crippen LogP contribution in [0.2, 0.25) is 0 Å². The minimum atomic E-state index is -2.53. The summed E-state index contributed by atoms with van der Waals surface area (Å²) < 4.78 is 39.7. The van der Waals surface area contributed by atoms with Crippen molar-refractivity contribution in [2.24, 2.45) is 0 Å². The molecule has 2 atom stereocenters. The number of hydrogen-bond acceptors (Lipinski definition) is 15. The molecule has 7 N–H and O–H groups in total. The molecule has 0 amide bonds. The second-order valence-corrected chi connectivity index (χ2v) is 30.0. The van der Waals surface area contributed by atoms with Gasteiger partial charge in [-0.3, -0.25) is 8.42 Å². The molecule has 86 heavy (non-hydrogen) atoms. The van der Waals surface area contributed by atoms with E-state index in [9.17, 15) is 13.5 Å². The van der Waals surface area contributed by atoms with Crippen molar-refractivity contribution in [1.82, 2.24) is 39.7 Å². The summed E-state index contributed by atoms with van der Waals surface area (Å²) >= 11 is 0. The third kappa shape index (κ3) is 14.6. The average Bonchev–Trinajstić information content (AvgIpc) is 2.66. The first-order valence-corrected chi connectivity index (χ1v) is 34.0. The van der Waals surface area contributed by atoms with Crippen molar-refractivity contribution in [3.05, 3.63) is 120 Å². The van der Waals surface area contributed by atoms with Crippen LogP contribution in [0.3, 0.4) is 0 Å². The zero-order valence-electron chi connectivity index (χ0n) is 52.3. The molecule has 0 saturated carbocycles. The van der Waals surface area contributed by atoms with Crippen molar-refractivity contribution in [3.8, 4) is 11.5 Å². The largest absolute Gasteiger partial charge is 0.489 e. The number of hydrogen-bond donors (Lipinski definition) is 7. The number of aryl methyl sites for hydroxylation is 2. The number of nitrogens with one attached hydrogen (secondary N) is 6. The van der Waals surface area contributed by atoms with Crippen molar-refractivity contribution in [2.75, 3.05) is 60.6 Å². The SMILES string of the molecule is C=S(=O)(c1ccccc1Nc1nc(Nc2cc(C)c(C3CCN(C(C)C)CC3)cc2OC(C)C)nc2[nH]ccc12)C(C)C.C=S(=O)(c1ccccc1Nc1nc(Nc2cc(C)c(C3CCN(CCO)CC3)cc2OC(C)C)nc2[nH]ccc12)C(C)C. The smallest absolute Gasteiger partial charge is 0.231 e. The highest BCUT2D eigenvalue weighted by Gasteiger charge is 2.28. The number of fused-ring (bicyclic) bond motifs is 2. The second kappa shape index (κ2) is 27.3. The summed E-state index contributed by atoms with van der Waals surface area (Å²) in [5.41, 5.74) is 9.48. The van der Waals surface area contributed by atoms with Crippen molar-refractivity contribution < 1.29 is 23.0 Å². The number of aliphatic hydroxyl groups excluding tert-OH is 1. The zero-order chi connectivity index (χ0) is 61.6. The molecular formula is C67H90N12O5S2. The summed E-state index contributed by atoms with van der Waals surface area (Å²) in [5.74, 6) is 12.7. The number of piperidine rings is 2. The Bertz CT molecular complexity index is 3860. The van der Waals surface area contributed by atoms with E-state index < -0.39 is 19.0 Å². The molecule has 19 heteroatoms. The van der Waals surface area contributed by atoms with E-state index in [4.69, 9.17) is 29.4 Å². The Hall–Kier alpha value is -7.16. The monoisotopic (exact) mass is 1210 g/mol. The van der Waals surface area contributed by atoms with Gasteiger partial charge in [-0.2, -0.15) is 19.9 Å². The molecule has 2 aliphatic rings. The Balaban J connectivity index is 0.000000205. The number of aromatic amines is 2. The molecule has 2 saturated heterocycles. The number of aromatic nitrogens is 6. The molecule has 0 radical (unpaired) electrons. The Kier molecular flexibility index (Phi) is 20.1. The summed E-state index contributed by atoms with van der Waals surface area (Å²) in [4.78, 5) is 31.9. The molecule has 10 rings (SSSR count). The number of para-hydroxylation sites is 2. The van der Waals surface area contributed by atoms with E-state index in [-0.39, 0.29) is 29.3 Å². The molecule has 2 unspecified atom stereocenters. The van der Waals surface area contributed by atoms with E-state index >= 15 is 0 Å². The molecule has 2 fully saturated rings. The van der Waals surface area contributed by atoms with E-state index in [2.05, 4.69) is 105 Å². The lowest BCUT2D eigenvalue weighted by molar-refractivity contribution is 0.164. The highest BCUT2D eigenvalue weighted by Crippen LogP contribution is 2.41. The van der Waals surface area contributed by atoms with Crippen LogP contribution in [0.4, 0.5) is 46.3 Å². The quantitative estimate of drug-likeness (QED) is 0.0334. The summed E-state index contributed by atoms with van der Waals surface area (Å²) in [7, 11) is -5.05. The Morgan fingerprint density at radius 2 is 0.977 bits per heavy atom. The molecule has 460 valence electrons. The summed E-state index contributed by atoms with van der Waals surface area (Å²) in [6.07, 6.45) is 8.06. The molecule has 0 bridgehead atoms. The molecule has 6 heterocycles.